The number of para-hydroxylation sites is 2. The Morgan fingerprint density at radius 1 is 0.843 bits per heavy atom. The van der Waals surface area contributed by atoms with Gasteiger partial charge in [0.1, 0.15) is 17.3 Å². The predicted molar refractivity (Wildman–Crippen MR) is 193 cm³/mol. The van der Waals surface area contributed by atoms with Gasteiger partial charge in [0.05, 0.1) is 22.8 Å². The van der Waals surface area contributed by atoms with Gasteiger partial charge in [-0.15, -0.1) is 12.1 Å². The molecule has 2 aliphatic heterocycles. The minimum Gasteiger partial charge on any atom is -0.511 e. The van der Waals surface area contributed by atoms with Gasteiger partial charge in [0, 0.05) is 50.8 Å². The van der Waals surface area contributed by atoms with Gasteiger partial charge in [-0.1, -0.05) is 87.9 Å². The zero-order valence-electron chi connectivity index (χ0n) is 29.2. The number of allylic oxidation sites excluding steroid dienone is 1. The summed E-state index contributed by atoms with van der Waals surface area (Å²) in [5.41, 5.74) is 3.48. The number of hydrogen-bond acceptors (Lipinski definition) is 7. The van der Waals surface area contributed by atoms with Crippen LogP contribution in [0.5, 0.6) is 0 Å². The molecule has 1 radical (unpaired) electrons. The van der Waals surface area contributed by atoms with E-state index in [1.807, 2.05) is 50.2 Å². The first-order valence-electron chi connectivity index (χ1n) is 16.2. The molecule has 9 nitrogen and oxygen atoms in total. The first kappa shape index (κ1) is 42.0. The van der Waals surface area contributed by atoms with E-state index in [4.69, 9.17) is 0 Å². The maximum Gasteiger partial charge on any atom is 0.284 e. The summed E-state index contributed by atoms with van der Waals surface area (Å²) < 4.78 is 25.8. The molecule has 0 spiro atoms. The van der Waals surface area contributed by atoms with E-state index >= 15 is 0 Å². The monoisotopic (exact) mass is 873 g/mol. The molecule has 0 aliphatic carbocycles. The van der Waals surface area contributed by atoms with Crippen LogP contribution in [-0.2, 0) is 34.5 Å². The third kappa shape index (κ3) is 10.7. The molecular formula is C39H40F2IrN5O4-. The Hall–Kier alpha value is -5.19. The molecule has 2 aliphatic rings. The molecule has 0 fully saturated rings. The van der Waals surface area contributed by atoms with Crippen LogP contribution in [0.4, 0.5) is 20.2 Å². The number of pyridine rings is 1. The smallest absolute Gasteiger partial charge is 0.284 e. The van der Waals surface area contributed by atoms with Gasteiger partial charge in [-0.3, -0.25) is 23.2 Å². The number of carbonyl (C=O) groups excluding carboxylic acids is 3. The van der Waals surface area contributed by atoms with Crippen LogP contribution in [0.25, 0.3) is 11.3 Å². The summed E-state index contributed by atoms with van der Waals surface area (Å²) in [6.45, 7) is 11.0. The van der Waals surface area contributed by atoms with Crippen molar-refractivity contribution in [2.45, 2.75) is 54.4 Å². The summed E-state index contributed by atoms with van der Waals surface area (Å²) in [6, 6.07) is 27.8. The number of benzene rings is 3. The fraction of sp³-hybridized carbons (Fsp3) is 0.231. The minimum absolute atomic E-state index is 0. The summed E-state index contributed by atoms with van der Waals surface area (Å²) in [5.74, 6) is -2.48. The van der Waals surface area contributed by atoms with Gasteiger partial charge in [0.15, 0.2) is 5.78 Å². The fourth-order valence-electron chi connectivity index (χ4n) is 4.81. The van der Waals surface area contributed by atoms with Crippen LogP contribution < -0.4 is 10.0 Å². The van der Waals surface area contributed by atoms with Gasteiger partial charge in [0.25, 0.3) is 11.8 Å². The van der Waals surface area contributed by atoms with E-state index in [0.717, 1.165) is 12.1 Å². The maximum atomic E-state index is 13.2. The molecule has 4 aromatic rings. The normalized spacial score (nSPS) is 15.5. The van der Waals surface area contributed by atoms with E-state index in [1.165, 1.54) is 10.0 Å². The predicted octanol–water partition coefficient (Wildman–Crippen LogP) is 8.49. The second kappa shape index (κ2) is 20.5. The largest absolute Gasteiger partial charge is 0.511 e. The molecule has 3 aromatic carbocycles. The Kier molecular flexibility index (Phi) is 16.9. The minimum atomic E-state index is -0.694. The molecule has 0 saturated carbocycles. The third-order valence-electron chi connectivity index (χ3n) is 7.22. The topological polar surface area (TPSA) is 116 Å². The molecule has 1 atom stereocenters. The number of carbonyl (C=O) groups is 3. The zero-order chi connectivity index (χ0) is 36.8. The number of Topliss-reactive ketones (excluding diaryl/α,β-unsaturated/α-hetero) is 1. The van der Waals surface area contributed by atoms with Crippen molar-refractivity contribution in [1.29, 1.82) is 0 Å². The number of nitrogens with zero attached hydrogens (tertiary/aromatic N) is 5. The summed E-state index contributed by atoms with van der Waals surface area (Å²) in [6.07, 6.45) is 2.33. The molecule has 12 heteroatoms. The molecule has 2 amide bonds. The molecule has 1 N–H and O–H groups in total. The van der Waals surface area contributed by atoms with Crippen molar-refractivity contribution < 1.29 is 48.4 Å². The third-order valence-corrected chi connectivity index (χ3v) is 7.22. The van der Waals surface area contributed by atoms with Gasteiger partial charge < -0.3 is 10.1 Å². The van der Waals surface area contributed by atoms with Crippen LogP contribution in [0.15, 0.2) is 119 Å². The van der Waals surface area contributed by atoms with Crippen molar-refractivity contribution in [3.63, 3.8) is 0 Å². The number of rotatable bonds is 6. The number of aliphatic hydroxyl groups is 1. The number of amides is 2. The molecule has 51 heavy (non-hydrogen) atoms. The van der Waals surface area contributed by atoms with Crippen LogP contribution in [0.1, 0.15) is 54.4 Å². The Balaban J connectivity index is 0.000000257. The molecule has 1 aromatic heterocycles. The van der Waals surface area contributed by atoms with Crippen LogP contribution in [-0.4, -0.2) is 39.1 Å². The number of aromatic nitrogens is 1. The molecule has 269 valence electrons. The maximum absolute atomic E-state index is 13.2. The molecule has 0 bridgehead atoms. The Morgan fingerprint density at radius 2 is 1.41 bits per heavy atom. The summed E-state index contributed by atoms with van der Waals surface area (Å²) in [5, 5.41) is 20.7. The molecule has 3 heterocycles. The zero-order valence-corrected chi connectivity index (χ0v) is 31.6. The number of aliphatic hydroxyl groups excluding tert-OH is 1. The van der Waals surface area contributed by atoms with E-state index in [9.17, 15) is 28.3 Å². The number of hydrogen-bond donors (Lipinski definition) is 1. The standard InChI is InChI=1S/2C13H14N2O2.C11H6F2N.C2H6.Ir/c2*1-3-11(16)12-9(2)14-15(13(12)17)10-7-5-4-6-8-10;12-8-4-5-9(10(13)7-8)11-3-1-2-6-14-11;1-2;/h4-8,16H,3H2,1-2H3;4-8,12H,3H2,1-2H3;1-4,6-7H;1-2H3;/q;;-1;;. The average molecular weight is 873 g/mol. The first-order chi connectivity index (χ1) is 24.1. The SMILES string of the molecule is CC.CCC(=O)C1C(=O)N(c2ccccc2)N=C1C.CCC(O)=C1C(=O)N(c2ccccc2)N=C1C.Fc1c[c-]c(-c2ccccn2)c(F)c1.[Ir]. The van der Waals surface area contributed by atoms with E-state index in [0.29, 0.717) is 46.9 Å². The number of halogens is 2. The van der Waals surface area contributed by atoms with Gasteiger partial charge >= 0.3 is 0 Å². The van der Waals surface area contributed by atoms with Crippen molar-refractivity contribution in [1.82, 2.24) is 4.98 Å². The van der Waals surface area contributed by atoms with Crippen molar-refractivity contribution in [2.24, 2.45) is 16.1 Å². The molecule has 6 rings (SSSR count). The van der Waals surface area contributed by atoms with Crippen LogP contribution in [0.3, 0.4) is 0 Å². The van der Waals surface area contributed by atoms with Crippen molar-refractivity contribution in [2.75, 3.05) is 10.0 Å². The van der Waals surface area contributed by atoms with Gasteiger partial charge in [-0.05, 0) is 49.9 Å². The van der Waals surface area contributed by atoms with Gasteiger partial charge in [-0.2, -0.15) is 20.2 Å². The molecule has 1 unspecified atom stereocenters. The molecular weight excluding hydrogens is 833 g/mol. The van der Waals surface area contributed by atoms with Crippen LogP contribution in [0.2, 0.25) is 0 Å². The summed E-state index contributed by atoms with van der Waals surface area (Å²) in [7, 11) is 0. The quantitative estimate of drug-likeness (QED) is 0.0904. The number of hydrazone groups is 2. The Bertz CT molecular complexity index is 1870. The van der Waals surface area contributed by atoms with Crippen molar-refractivity contribution >= 4 is 40.4 Å². The first-order valence-corrected chi connectivity index (χ1v) is 16.2. The van der Waals surface area contributed by atoms with Crippen molar-refractivity contribution in [3.05, 3.63) is 126 Å². The number of anilines is 2. The summed E-state index contributed by atoms with van der Waals surface area (Å²) in [4.78, 5) is 39.8. The van der Waals surface area contributed by atoms with E-state index in [1.54, 1.807) is 76.4 Å². The fourth-order valence-corrected chi connectivity index (χ4v) is 4.81. The second-order valence-corrected chi connectivity index (χ2v) is 10.5. The van der Waals surface area contributed by atoms with Crippen LogP contribution >= 0.6 is 0 Å². The average Bonchev–Trinajstić information content (AvgIpc) is 3.62. The van der Waals surface area contributed by atoms with E-state index in [-0.39, 0.29) is 49.0 Å². The Labute approximate surface area is 310 Å². The van der Waals surface area contributed by atoms with Gasteiger partial charge in [-0.25, -0.2) is 0 Å². The van der Waals surface area contributed by atoms with Crippen LogP contribution in [0, 0.1) is 23.6 Å². The van der Waals surface area contributed by atoms with Crippen molar-refractivity contribution in [3.8, 4) is 11.3 Å². The summed E-state index contributed by atoms with van der Waals surface area (Å²) >= 11 is 0. The second-order valence-electron chi connectivity index (χ2n) is 10.5. The van der Waals surface area contributed by atoms with E-state index in [2.05, 4.69) is 21.3 Å². The van der Waals surface area contributed by atoms with E-state index < -0.39 is 17.6 Å². The Morgan fingerprint density at radius 3 is 1.92 bits per heavy atom. The molecule has 0 saturated heterocycles. The van der Waals surface area contributed by atoms with Gasteiger partial charge in [0.2, 0.25) is 0 Å². The number of ketones is 1.